The van der Waals surface area contributed by atoms with Crippen molar-refractivity contribution in [3.8, 4) is 45.6 Å². The van der Waals surface area contributed by atoms with Gasteiger partial charge in [-0.25, -0.2) is 0 Å². The lowest BCUT2D eigenvalue weighted by atomic mass is 9.96. The molecule has 0 aliphatic rings. The van der Waals surface area contributed by atoms with Crippen molar-refractivity contribution in [1.29, 1.82) is 0 Å². The van der Waals surface area contributed by atoms with Gasteiger partial charge in [-0.05, 0) is 0 Å². The van der Waals surface area contributed by atoms with E-state index in [9.17, 15) is 9.59 Å². The highest BCUT2D eigenvalue weighted by Crippen LogP contribution is 2.56. The van der Waals surface area contributed by atoms with Gasteiger partial charge in [0.1, 0.15) is 0 Å². The van der Waals surface area contributed by atoms with Crippen molar-refractivity contribution in [1.82, 2.24) is 0 Å². The number of hydrogen-bond donors (Lipinski definition) is 2. The minimum Gasteiger partial charge on any atom is -0.493 e. The fraction of sp³-hybridized carbons (Fsp3) is 0.364. The zero-order valence-corrected chi connectivity index (χ0v) is 19.4. The van der Waals surface area contributed by atoms with Gasteiger partial charge >= 0.3 is 0 Å². The fourth-order valence-electron chi connectivity index (χ4n) is 3.39. The summed E-state index contributed by atoms with van der Waals surface area (Å²) in [4.78, 5) is 24.0. The molecule has 10 heteroatoms. The van der Waals surface area contributed by atoms with E-state index >= 15 is 0 Å². The van der Waals surface area contributed by atoms with E-state index in [1.54, 1.807) is 12.1 Å². The summed E-state index contributed by atoms with van der Waals surface area (Å²) in [6, 6.07) is 3.18. The van der Waals surface area contributed by atoms with Crippen LogP contribution in [0.25, 0.3) is 11.1 Å². The normalized spacial score (nSPS) is 10.1. The number of amides is 2. The average molecular weight is 448 g/mol. The number of ether oxygens (including phenoxy) is 6. The Morgan fingerprint density at radius 1 is 0.562 bits per heavy atom. The third kappa shape index (κ3) is 4.58. The number of anilines is 2. The molecule has 2 N–H and O–H groups in total. The summed E-state index contributed by atoms with van der Waals surface area (Å²) >= 11 is 0. The van der Waals surface area contributed by atoms with E-state index in [0.717, 1.165) is 0 Å². The topological polar surface area (TPSA) is 114 Å². The molecule has 32 heavy (non-hydrogen) atoms. The first kappa shape index (κ1) is 24.4. The van der Waals surface area contributed by atoms with E-state index in [0.29, 0.717) is 34.0 Å². The Labute approximate surface area is 186 Å². The Balaban J connectivity index is 3.14. The maximum Gasteiger partial charge on any atom is 0.221 e. The van der Waals surface area contributed by atoms with Crippen LogP contribution in [0.2, 0.25) is 0 Å². The molecule has 0 saturated carbocycles. The molecule has 0 aliphatic carbocycles. The van der Waals surface area contributed by atoms with Crippen LogP contribution in [0.15, 0.2) is 12.1 Å². The van der Waals surface area contributed by atoms with Gasteiger partial charge in [-0.15, -0.1) is 0 Å². The predicted molar refractivity (Wildman–Crippen MR) is 120 cm³/mol. The van der Waals surface area contributed by atoms with Crippen LogP contribution in [-0.2, 0) is 9.59 Å². The molecule has 2 aromatic rings. The number of carbonyl (C=O) groups is 2. The number of benzene rings is 2. The van der Waals surface area contributed by atoms with Crippen molar-refractivity contribution in [2.45, 2.75) is 13.8 Å². The van der Waals surface area contributed by atoms with Crippen LogP contribution in [0, 0.1) is 0 Å². The van der Waals surface area contributed by atoms with Crippen molar-refractivity contribution in [2.75, 3.05) is 53.3 Å². The van der Waals surface area contributed by atoms with E-state index in [-0.39, 0.29) is 34.8 Å². The molecular weight excluding hydrogens is 420 g/mol. The molecule has 0 atom stereocenters. The van der Waals surface area contributed by atoms with E-state index in [2.05, 4.69) is 10.6 Å². The molecule has 0 bridgehead atoms. The van der Waals surface area contributed by atoms with Gasteiger partial charge < -0.3 is 39.1 Å². The minimum atomic E-state index is -0.332. The largest absolute Gasteiger partial charge is 0.493 e. The number of rotatable bonds is 9. The van der Waals surface area contributed by atoms with Crippen LogP contribution in [0.5, 0.6) is 34.5 Å². The summed E-state index contributed by atoms with van der Waals surface area (Å²) in [5.41, 5.74) is 1.43. The molecule has 0 fully saturated rings. The number of hydrogen-bond acceptors (Lipinski definition) is 8. The number of methoxy groups -OCH3 is 6. The molecule has 0 spiro atoms. The van der Waals surface area contributed by atoms with Crippen molar-refractivity contribution < 1.29 is 38.0 Å². The molecule has 0 heterocycles. The van der Waals surface area contributed by atoms with E-state index < -0.39 is 0 Å². The molecule has 0 unspecified atom stereocenters. The molecule has 0 saturated heterocycles. The van der Waals surface area contributed by atoms with Crippen molar-refractivity contribution in [3.63, 3.8) is 0 Å². The van der Waals surface area contributed by atoms with Gasteiger partial charge in [0.2, 0.25) is 23.3 Å². The molecule has 0 aliphatic heterocycles. The van der Waals surface area contributed by atoms with Gasteiger partial charge in [0.05, 0.1) is 65.2 Å². The zero-order chi connectivity index (χ0) is 24.0. The van der Waals surface area contributed by atoms with Crippen LogP contribution in [-0.4, -0.2) is 54.5 Å². The lowest BCUT2D eigenvalue weighted by Crippen LogP contribution is -2.12. The first-order valence-corrected chi connectivity index (χ1v) is 9.49. The fourth-order valence-corrected chi connectivity index (χ4v) is 3.39. The first-order valence-electron chi connectivity index (χ1n) is 9.49. The van der Waals surface area contributed by atoms with Crippen LogP contribution in [0.4, 0.5) is 11.4 Å². The highest BCUT2D eigenvalue weighted by atomic mass is 16.5. The molecule has 174 valence electrons. The van der Waals surface area contributed by atoms with Gasteiger partial charge in [-0.1, -0.05) is 0 Å². The van der Waals surface area contributed by atoms with Gasteiger partial charge in [0.25, 0.3) is 0 Å². The Bertz CT molecular complexity index is 938. The number of nitrogens with one attached hydrogen (secondary N) is 2. The minimum absolute atomic E-state index is 0.243. The maximum atomic E-state index is 12.0. The van der Waals surface area contributed by atoms with Crippen molar-refractivity contribution >= 4 is 23.2 Å². The van der Waals surface area contributed by atoms with Gasteiger partial charge in [0, 0.05) is 26.0 Å². The molecule has 2 rings (SSSR count). The molecule has 0 aromatic heterocycles. The molecule has 0 radical (unpaired) electrons. The summed E-state index contributed by atoms with van der Waals surface area (Å²) in [7, 11) is 8.75. The molecular formula is C22H28N2O8. The van der Waals surface area contributed by atoms with E-state index in [1.165, 1.54) is 56.5 Å². The molecule has 10 nitrogen and oxygen atoms in total. The second-order valence-electron chi connectivity index (χ2n) is 6.50. The Hall–Kier alpha value is -3.82. The summed E-state index contributed by atoms with van der Waals surface area (Å²) < 4.78 is 33.3. The Morgan fingerprint density at radius 2 is 0.875 bits per heavy atom. The Morgan fingerprint density at radius 3 is 1.09 bits per heavy atom. The molecule has 2 aromatic carbocycles. The van der Waals surface area contributed by atoms with Gasteiger partial charge in [-0.3, -0.25) is 9.59 Å². The average Bonchev–Trinajstić information content (AvgIpc) is 2.76. The summed E-state index contributed by atoms with van der Waals surface area (Å²) in [6.45, 7) is 2.74. The standard InChI is InChI=1S/C22H28N2O8/c1-11(25)23-13-9-15(27-3)19(29-5)21(31-7)17(13)18-14(24-12(2)26)10-16(28-4)20(30-6)22(18)32-8/h9-10H,1-8H3,(H,23,25)(H,24,26). The van der Waals surface area contributed by atoms with Crippen LogP contribution < -0.4 is 39.1 Å². The van der Waals surface area contributed by atoms with Gasteiger partial charge in [-0.2, -0.15) is 0 Å². The molecule has 2 amide bonds. The third-order valence-electron chi connectivity index (χ3n) is 4.53. The van der Waals surface area contributed by atoms with Crippen molar-refractivity contribution in [3.05, 3.63) is 12.1 Å². The van der Waals surface area contributed by atoms with Crippen LogP contribution in [0.3, 0.4) is 0 Å². The van der Waals surface area contributed by atoms with Crippen LogP contribution in [0.1, 0.15) is 13.8 Å². The smallest absolute Gasteiger partial charge is 0.221 e. The second kappa shape index (κ2) is 10.5. The highest BCUT2D eigenvalue weighted by molar-refractivity contribution is 6.05. The SMILES string of the molecule is COc1cc(NC(C)=O)c(-c2c(NC(C)=O)cc(OC)c(OC)c2OC)c(OC)c1OC. The van der Waals surface area contributed by atoms with Gasteiger partial charge in [0.15, 0.2) is 23.0 Å². The first-order chi connectivity index (χ1) is 15.3. The van der Waals surface area contributed by atoms with Crippen molar-refractivity contribution in [2.24, 2.45) is 0 Å². The Kier molecular flexibility index (Phi) is 8.00. The lowest BCUT2D eigenvalue weighted by molar-refractivity contribution is -0.115. The van der Waals surface area contributed by atoms with E-state index in [1.807, 2.05) is 0 Å². The second-order valence-corrected chi connectivity index (χ2v) is 6.50. The predicted octanol–water partition coefficient (Wildman–Crippen LogP) is 3.32. The zero-order valence-electron chi connectivity index (χ0n) is 19.4. The summed E-state index contributed by atoms with van der Waals surface area (Å²) in [5, 5.41) is 5.55. The van der Waals surface area contributed by atoms with E-state index in [4.69, 9.17) is 28.4 Å². The third-order valence-corrected chi connectivity index (χ3v) is 4.53. The summed E-state index contributed by atoms with van der Waals surface area (Å²) in [5.74, 6) is 1.05. The van der Waals surface area contributed by atoms with Crippen LogP contribution >= 0.6 is 0 Å². The lowest BCUT2D eigenvalue weighted by Gasteiger charge is -2.24. The monoisotopic (exact) mass is 448 g/mol. The highest BCUT2D eigenvalue weighted by Gasteiger charge is 2.30. The quantitative estimate of drug-likeness (QED) is 0.601. The summed E-state index contributed by atoms with van der Waals surface area (Å²) in [6.07, 6.45) is 0. The maximum absolute atomic E-state index is 12.0. The number of carbonyl (C=O) groups excluding carboxylic acids is 2.